The molecule has 0 saturated heterocycles. The number of esters is 2. The van der Waals surface area contributed by atoms with E-state index >= 15 is 0 Å². The Bertz CT molecular complexity index is 1530. The van der Waals surface area contributed by atoms with Gasteiger partial charge in [0.15, 0.2) is 5.78 Å². The van der Waals surface area contributed by atoms with Gasteiger partial charge >= 0.3 is 11.9 Å². The molecule has 0 bridgehead atoms. The molecule has 4 rings (SSSR count). The van der Waals surface area contributed by atoms with Crippen molar-refractivity contribution in [1.29, 1.82) is 0 Å². The Labute approximate surface area is 246 Å². The Morgan fingerprint density at radius 2 is 1.52 bits per heavy atom. The van der Waals surface area contributed by atoms with Crippen LogP contribution in [0.5, 0.6) is 0 Å². The van der Waals surface area contributed by atoms with Gasteiger partial charge in [-0.2, -0.15) is 0 Å². The number of hydrogen-bond acceptors (Lipinski definition) is 8. The molecule has 0 radical (unpaired) electrons. The summed E-state index contributed by atoms with van der Waals surface area (Å²) in [4.78, 5) is 42.6. The van der Waals surface area contributed by atoms with E-state index in [9.17, 15) is 14.4 Å². The van der Waals surface area contributed by atoms with Gasteiger partial charge in [0, 0.05) is 28.8 Å². The topological polar surface area (TPSA) is 107 Å². The van der Waals surface area contributed by atoms with Crippen molar-refractivity contribution in [2.24, 2.45) is 0 Å². The lowest BCUT2D eigenvalue weighted by molar-refractivity contribution is -0.152. The number of carbonyl (C=O) groups excluding carboxylic acids is 3. The first-order valence-corrected chi connectivity index (χ1v) is 13.7. The first kappa shape index (κ1) is 30.0. The quantitative estimate of drug-likeness (QED) is 0.170. The van der Waals surface area contributed by atoms with Gasteiger partial charge in [0.2, 0.25) is 0 Å². The number of ether oxygens (including phenoxy) is 2. The summed E-state index contributed by atoms with van der Waals surface area (Å²) in [6.45, 7) is 5.48. The van der Waals surface area contributed by atoms with Crippen molar-refractivity contribution >= 4 is 29.2 Å². The molecule has 0 aliphatic carbocycles. The molecule has 0 saturated carbocycles. The molecule has 216 valence electrons. The predicted octanol–water partition coefficient (Wildman–Crippen LogP) is 5.93. The fourth-order valence-corrected chi connectivity index (χ4v) is 4.36. The van der Waals surface area contributed by atoms with Crippen LogP contribution in [-0.4, -0.2) is 48.0 Å². The number of ketones is 1. The van der Waals surface area contributed by atoms with Gasteiger partial charge < -0.3 is 20.1 Å². The molecule has 8 heteroatoms. The number of hydrogen-bond donors (Lipinski definition) is 2. The number of aromatic nitrogens is 1. The molecule has 42 heavy (non-hydrogen) atoms. The lowest BCUT2D eigenvalue weighted by atomic mass is 9.99. The summed E-state index contributed by atoms with van der Waals surface area (Å²) >= 11 is 0. The Hall–Kier alpha value is -4.98. The van der Waals surface area contributed by atoms with Crippen LogP contribution in [0, 0.1) is 0 Å². The molecule has 0 fully saturated rings. The van der Waals surface area contributed by atoms with Crippen molar-refractivity contribution in [3.8, 4) is 11.3 Å². The molecule has 0 aliphatic rings. The van der Waals surface area contributed by atoms with Crippen LogP contribution in [0.15, 0.2) is 97.1 Å². The third kappa shape index (κ3) is 8.27. The van der Waals surface area contributed by atoms with Gasteiger partial charge in [-0.25, -0.2) is 9.78 Å². The minimum absolute atomic E-state index is 0.00858. The van der Waals surface area contributed by atoms with Crippen LogP contribution in [-0.2, 0) is 25.5 Å². The van der Waals surface area contributed by atoms with Crippen molar-refractivity contribution in [2.45, 2.75) is 38.8 Å². The van der Waals surface area contributed by atoms with Crippen molar-refractivity contribution in [1.82, 2.24) is 4.98 Å². The number of rotatable bonds is 11. The van der Waals surface area contributed by atoms with Crippen LogP contribution < -0.4 is 10.6 Å². The number of anilines is 2. The molecule has 0 spiro atoms. The summed E-state index contributed by atoms with van der Waals surface area (Å²) < 4.78 is 10.4. The minimum Gasteiger partial charge on any atom is -0.467 e. The largest absolute Gasteiger partial charge is 0.467 e. The van der Waals surface area contributed by atoms with Crippen LogP contribution in [0.2, 0.25) is 0 Å². The Balaban J connectivity index is 1.46. The first-order chi connectivity index (χ1) is 20.1. The number of carbonyl (C=O) groups is 3. The number of benzene rings is 3. The molecule has 3 aromatic carbocycles. The molecule has 8 nitrogen and oxygen atoms in total. The van der Waals surface area contributed by atoms with E-state index in [0.29, 0.717) is 29.1 Å². The summed E-state index contributed by atoms with van der Waals surface area (Å²) in [6.07, 6.45) is 0.339. The van der Waals surface area contributed by atoms with E-state index in [0.717, 1.165) is 16.8 Å². The molecule has 1 unspecified atom stereocenters. The van der Waals surface area contributed by atoms with Crippen LogP contribution >= 0.6 is 0 Å². The molecule has 1 aromatic heterocycles. The van der Waals surface area contributed by atoms with Crippen LogP contribution in [0.25, 0.3) is 11.3 Å². The maximum absolute atomic E-state index is 13.2. The van der Waals surface area contributed by atoms with Gasteiger partial charge in [-0.15, -0.1) is 0 Å². The molecule has 1 heterocycles. The zero-order chi connectivity index (χ0) is 30.1. The molecule has 2 N–H and O–H groups in total. The highest BCUT2D eigenvalue weighted by Gasteiger charge is 2.23. The standard InChI is InChI=1S/C34H35N3O5/c1-34(2,3)42-31(38)22-35-30-16-10-15-27(37-30)24-19-17-23(18-20-24)21-29(33(40)41-4)36-28-14-9-8-13-26(28)32(39)25-11-6-5-7-12-25/h5-20,29,36H,21-22H2,1-4H3,(H,35,37). The Kier molecular flexibility index (Phi) is 9.70. The number of nitrogens with zero attached hydrogens (tertiary/aromatic N) is 1. The second-order valence-corrected chi connectivity index (χ2v) is 10.7. The van der Waals surface area contributed by atoms with Crippen molar-refractivity contribution in [3.05, 3.63) is 114 Å². The zero-order valence-electron chi connectivity index (χ0n) is 24.2. The number of para-hydroxylation sites is 1. The number of nitrogens with one attached hydrogen (secondary N) is 2. The van der Waals surface area contributed by atoms with E-state index in [-0.39, 0.29) is 18.3 Å². The van der Waals surface area contributed by atoms with Gasteiger partial charge in [0.1, 0.15) is 24.0 Å². The number of pyridine rings is 1. The van der Waals surface area contributed by atoms with E-state index in [1.165, 1.54) is 7.11 Å². The fraction of sp³-hybridized carbons (Fsp3) is 0.235. The molecule has 4 aromatic rings. The minimum atomic E-state index is -0.718. The highest BCUT2D eigenvalue weighted by molar-refractivity contribution is 6.12. The van der Waals surface area contributed by atoms with Crippen LogP contribution in [0.1, 0.15) is 42.3 Å². The summed E-state index contributed by atoms with van der Waals surface area (Å²) in [5.41, 5.74) is 3.54. The van der Waals surface area contributed by atoms with Crippen LogP contribution in [0.4, 0.5) is 11.5 Å². The lowest BCUT2D eigenvalue weighted by Crippen LogP contribution is -2.33. The van der Waals surface area contributed by atoms with Gasteiger partial charge in [0.05, 0.1) is 12.8 Å². The molecule has 0 amide bonds. The summed E-state index contributed by atoms with van der Waals surface area (Å²) in [6, 6.07) is 28.7. The molecular formula is C34H35N3O5. The van der Waals surface area contributed by atoms with E-state index in [1.54, 1.807) is 36.4 Å². The second kappa shape index (κ2) is 13.6. The fourth-order valence-electron chi connectivity index (χ4n) is 4.36. The second-order valence-electron chi connectivity index (χ2n) is 10.7. The lowest BCUT2D eigenvalue weighted by Gasteiger charge is -2.20. The maximum Gasteiger partial charge on any atom is 0.328 e. The maximum atomic E-state index is 13.2. The Morgan fingerprint density at radius 3 is 2.21 bits per heavy atom. The average molecular weight is 566 g/mol. The van der Waals surface area contributed by atoms with Crippen molar-refractivity contribution in [3.63, 3.8) is 0 Å². The van der Waals surface area contributed by atoms with E-state index in [1.807, 2.05) is 81.4 Å². The van der Waals surface area contributed by atoms with Gasteiger partial charge in [0.25, 0.3) is 0 Å². The van der Waals surface area contributed by atoms with E-state index in [4.69, 9.17) is 9.47 Å². The normalized spacial score (nSPS) is 11.7. The van der Waals surface area contributed by atoms with Gasteiger partial charge in [-0.1, -0.05) is 72.8 Å². The summed E-state index contributed by atoms with van der Waals surface area (Å²) in [5, 5.41) is 6.24. The van der Waals surface area contributed by atoms with Crippen molar-refractivity contribution < 1.29 is 23.9 Å². The summed E-state index contributed by atoms with van der Waals surface area (Å²) in [5.74, 6) is -0.380. The van der Waals surface area contributed by atoms with Gasteiger partial charge in [-0.3, -0.25) is 9.59 Å². The molecular weight excluding hydrogens is 530 g/mol. The highest BCUT2D eigenvalue weighted by atomic mass is 16.6. The van der Waals surface area contributed by atoms with Crippen molar-refractivity contribution in [2.75, 3.05) is 24.3 Å². The monoisotopic (exact) mass is 565 g/mol. The number of methoxy groups -OCH3 is 1. The van der Waals surface area contributed by atoms with Crippen LogP contribution in [0.3, 0.4) is 0 Å². The van der Waals surface area contributed by atoms with E-state index in [2.05, 4.69) is 15.6 Å². The highest BCUT2D eigenvalue weighted by Crippen LogP contribution is 2.23. The molecule has 0 aliphatic heterocycles. The zero-order valence-corrected chi connectivity index (χ0v) is 24.2. The third-order valence-corrected chi connectivity index (χ3v) is 6.30. The smallest absolute Gasteiger partial charge is 0.328 e. The third-order valence-electron chi connectivity index (χ3n) is 6.30. The SMILES string of the molecule is COC(=O)C(Cc1ccc(-c2cccc(NCC(=O)OC(C)(C)C)n2)cc1)Nc1ccccc1C(=O)c1ccccc1. The first-order valence-electron chi connectivity index (χ1n) is 13.7. The van der Waals surface area contributed by atoms with E-state index < -0.39 is 17.6 Å². The summed E-state index contributed by atoms with van der Waals surface area (Å²) in [7, 11) is 1.34. The Morgan fingerprint density at radius 1 is 0.833 bits per heavy atom. The molecule has 1 atom stereocenters. The van der Waals surface area contributed by atoms with Gasteiger partial charge in [-0.05, 0) is 50.6 Å². The average Bonchev–Trinajstić information content (AvgIpc) is 2.99. The predicted molar refractivity (Wildman–Crippen MR) is 163 cm³/mol.